The zero-order valence-corrected chi connectivity index (χ0v) is 13.7. The smallest absolute Gasteiger partial charge is 0.274 e. The number of rotatable bonds is 3. The fourth-order valence-corrected chi connectivity index (χ4v) is 2.68. The highest BCUT2D eigenvalue weighted by Crippen LogP contribution is 2.25. The van der Waals surface area contributed by atoms with Crippen LogP contribution in [0.4, 0.5) is 10.1 Å². The molecule has 2 heterocycles. The molecule has 126 valence electrons. The summed E-state index contributed by atoms with van der Waals surface area (Å²) in [6.45, 7) is 4.32. The van der Waals surface area contributed by atoms with Crippen LogP contribution in [0, 0.1) is 12.7 Å². The van der Waals surface area contributed by atoms with Gasteiger partial charge in [0.15, 0.2) is 11.6 Å². The molecule has 1 amide bonds. The van der Waals surface area contributed by atoms with Crippen LogP contribution >= 0.6 is 0 Å². The fourth-order valence-electron chi connectivity index (χ4n) is 2.68. The van der Waals surface area contributed by atoms with Gasteiger partial charge in [-0.15, -0.1) is 0 Å². The number of carbonyl (C=O) groups excluding carboxylic acids is 1. The average molecular weight is 330 g/mol. The van der Waals surface area contributed by atoms with Crippen molar-refractivity contribution in [3.8, 4) is 5.75 Å². The summed E-state index contributed by atoms with van der Waals surface area (Å²) in [5, 5.41) is 0. The maximum Gasteiger partial charge on any atom is 0.274 e. The van der Waals surface area contributed by atoms with Gasteiger partial charge in [0.2, 0.25) is 0 Å². The highest BCUT2D eigenvalue weighted by atomic mass is 19.1. The van der Waals surface area contributed by atoms with Crippen molar-refractivity contribution in [1.82, 2.24) is 14.9 Å². The Morgan fingerprint density at radius 2 is 1.92 bits per heavy atom. The van der Waals surface area contributed by atoms with E-state index < -0.39 is 0 Å². The number of ether oxygens (including phenoxy) is 1. The van der Waals surface area contributed by atoms with Gasteiger partial charge < -0.3 is 14.5 Å². The third-order valence-corrected chi connectivity index (χ3v) is 4.07. The van der Waals surface area contributed by atoms with Crippen LogP contribution in [-0.4, -0.2) is 54.1 Å². The van der Waals surface area contributed by atoms with Gasteiger partial charge >= 0.3 is 0 Å². The van der Waals surface area contributed by atoms with Gasteiger partial charge in [-0.05, 0) is 19.1 Å². The molecule has 0 N–H and O–H groups in total. The Kier molecular flexibility index (Phi) is 4.59. The van der Waals surface area contributed by atoms with Crippen molar-refractivity contribution in [3.05, 3.63) is 47.8 Å². The second-order valence-electron chi connectivity index (χ2n) is 5.64. The molecule has 6 nitrogen and oxygen atoms in total. The second kappa shape index (κ2) is 6.82. The van der Waals surface area contributed by atoms with E-state index in [-0.39, 0.29) is 17.5 Å². The van der Waals surface area contributed by atoms with Crippen LogP contribution in [0.25, 0.3) is 0 Å². The molecular formula is C17H19FN4O2. The highest BCUT2D eigenvalue weighted by molar-refractivity contribution is 5.92. The fraction of sp³-hybridized carbons (Fsp3) is 0.353. The SMILES string of the molecule is COc1cc(N2CCN(C(=O)c3cnc(C)cn3)CC2)ccc1F. The molecule has 0 saturated carbocycles. The van der Waals surface area contributed by atoms with Crippen molar-refractivity contribution in [2.45, 2.75) is 6.92 Å². The van der Waals surface area contributed by atoms with Crippen molar-refractivity contribution in [2.75, 3.05) is 38.2 Å². The molecule has 0 bridgehead atoms. The Hall–Kier alpha value is -2.70. The first kappa shape index (κ1) is 16.2. The zero-order chi connectivity index (χ0) is 17.1. The van der Waals surface area contributed by atoms with Crippen LogP contribution in [0.1, 0.15) is 16.2 Å². The quantitative estimate of drug-likeness (QED) is 0.860. The first-order chi connectivity index (χ1) is 11.6. The summed E-state index contributed by atoms with van der Waals surface area (Å²) < 4.78 is 18.5. The Balaban J connectivity index is 1.65. The number of aryl methyl sites for hydroxylation is 1. The maximum absolute atomic E-state index is 13.5. The minimum Gasteiger partial charge on any atom is -0.494 e. The van der Waals surface area contributed by atoms with Crippen molar-refractivity contribution in [2.24, 2.45) is 0 Å². The van der Waals surface area contributed by atoms with Crippen molar-refractivity contribution in [1.29, 1.82) is 0 Å². The number of amides is 1. The van der Waals surface area contributed by atoms with Crippen LogP contribution < -0.4 is 9.64 Å². The summed E-state index contributed by atoms with van der Waals surface area (Å²) >= 11 is 0. The number of methoxy groups -OCH3 is 1. The van der Waals surface area contributed by atoms with E-state index in [0.717, 1.165) is 11.4 Å². The Morgan fingerprint density at radius 1 is 1.17 bits per heavy atom. The number of hydrogen-bond acceptors (Lipinski definition) is 5. The molecule has 7 heteroatoms. The lowest BCUT2D eigenvalue weighted by Crippen LogP contribution is -2.49. The average Bonchev–Trinajstić information content (AvgIpc) is 2.62. The molecule has 1 aromatic carbocycles. The van der Waals surface area contributed by atoms with Gasteiger partial charge in [0, 0.05) is 44.1 Å². The molecule has 0 spiro atoms. The number of benzene rings is 1. The largest absolute Gasteiger partial charge is 0.494 e. The van der Waals surface area contributed by atoms with Gasteiger partial charge in [0.1, 0.15) is 5.69 Å². The minimum atomic E-state index is -0.381. The normalized spacial score (nSPS) is 14.6. The number of nitrogens with zero attached hydrogens (tertiary/aromatic N) is 4. The molecule has 2 aromatic rings. The topological polar surface area (TPSA) is 58.6 Å². The van der Waals surface area contributed by atoms with Gasteiger partial charge in [0.05, 0.1) is 19.0 Å². The molecule has 1 aliphatic rings. The van der Waals surface area contributed by atoms with E-state index in [9.17, 15) is 9.18 Å². The Morgan fingerprint density at radius 3 is 2.54 bits per heavy atom. The summed E-state index contributed by atoms with van der Waals surface area (Å²) in [4.78, 5) is 24.6. The molecule has 1 saturated heterocycles. The van der Waals surface area contributed by atoms with E-state index in [1.807, 2.05) is 6.92 Å². The maximum atomic E-state index is 13.5. The summed E-state index contributed by atoms with van der Waals surface area (Å²) in [6.07, 6.45) is 3.10. The monoisotopic (exact) mass is 330 g/mol. The predicted octanol–water partition coefficient (Wildman–Crippen LogP) is 1.90. The highest BCUT2D eigenvalue weighted by Gasteiger charge is 2.23. The van der Waals surface area contributed by atoms with E-state index in [0.29, 0.717) is 31.9 Å². The Bertz CT molecular complexity index is 728. The molecular weight excluding hydrogens is 311 g/mol. The summed E-state index contributed by atoms with van der Waals surface area (Å²) in [5.41, 5.74) is 2.02. The van der Waals surface area contributed by atoms with Gasteiger partial charge in [-0.2, -0.15) is 0 Å². The van der Waals surface area contributed by atoms with E-state index in [1.165, 1.54) is 19.4 Å². The zero-order valence-electron chi connectivity index (χ0n) is 13.7. The number of anilines is 1. The van der Waals surface area contributed by atoms with Gasteiger partial charge in [0.25, 0.3) is 5.91 Å². The van der Waals surface area contributed by atoms with Gasteiger partial charge in [-0.25, -0.2) is 9.37 Å². The third-order valence-electron chi connectivity index (χ3n) is 4.07. The molecule has 1 fully saturated rings. The molecule has 0 radical (unpaired) electrons. The molecule has 0 atom stereocenters. The molecule has 0 unspecified atom stereocenters. The molecule has 3 rings (SSSR count). The first-order valence-electron chi connectivity index (χ1n) is 7.75. The number of hydrogen-bond donors (Lipinski definition) is 0. The van der Waals surface area contributed by atoms with Crippen LogP contribution in [-0.2, 0) is 0 Å². The van der Waals surface area contributed by atoms with E-state index in [4.69, 9.17) is 4.74 Å². The molecule has 24 heavy (non-hydrogen) atoms. The van der Waals surface area contributed by atoms with Crippen LogP contribution in [0.3, 0.4) is 0 Å². The van der Waals surface area contributed by atoms with Gasteiger partial charge in [-0.3, -0.25) is 9.78 Å². The molecule has 1 aliphatic heterocycles. The lowest BCUT2D eigenvalue weighted by atomic mass is 10.2. The lowest BCUT2D eigenvalue weighted by molar-refractivity contribution is 0.0740. The van der Waals surface area contributed by atoms with E-state index in [1.54, 1.807) is 23.2 Å². The van der Waals surface area contributed by atoms with Crippen LogP contribution in [0.5, 0.6) is 5.75 Å². The number of carbonyl (C=O) groups is 1. The third kappa shape index (κ3) is 3.29. The number of aromatic nitrogens is 2. The van der Waals surface area contributed by atoms with Crippen molar-refractivity contribution < 1.29 is 13.9 Å². The summed E-state index contributed by atoms with van der Waals surface area (Å²) in [6, 6.07) is 4.80. The van der Waals surface area contributed by atoms with Crippen LogP contribution in [0.2, 0.25) is 0 Å². The summed E-state index contributed by atoms with van der Waals surface area (Å²) in [5.74, 6) is -0.271. The van der Waals surface area contributed by atoms with E-state index in [2.05, 4.69) is 14.9 Å². The number of halogens is 1. The Labute approximate surface area is 139 Å². The number of piperazine rings is 1. The van der Waals surface area contributed by atoms with Crippen molar-refractivity contribution >= 4 is 11.6 Å². The van der Waals surface area contributed by atoms with Crippen molar-refractivity contribution in [3.63, 3.8) is 0 Å². The molecule has 1 aromatic heterocycles. The second-order valence-corrected chi connectivity index (χ2v) is 5.64. The predicted molar refractivity (Wildman–Crippen MR) is 87.8 cm³/mol. The van der Waals surface area contributed by atoms with E-state index >= 15 is 0 Å². The van der Waals surface area contributed by atoms with Crippen LogP contribution in [0.15, 0.2) is 30.6 Å². The minimum absolute atomic E-state index is 0.112. The molecule has 0 aliphatic carbocycles. The standard InChI is InChI=1S/C17H19FN4O2/c1-12-10-20-15(11-19-12)17(23)22-7-5-21(6-8-22)13-3-4-14(18)16(9-13)24-2/h3-4,9-11H,5-8H2,1-2H3. The van der Waals surface area contributed by atoms with Gasteiger partial charge in [-0.1, -0.05) is 0 Å². The summed E-state index contributed by atoms with van der Waals surface area (Å²) in [7, 11) is 1.45. The first-order valence-corrected chi connectivity index (χ1v) is 7.75. The lowest BCUT2D eigenvalue weighted by Gasteiger charge is -2.36.